The third-order valence-corrected chi connectivity index (χ3v) is 7.23. The SMILES string of the molecule is CNS(=O)(=O)Nc1cccc(Cc2c(CNc3nccs3)c3ccc(OC(=O)N(C)C)cc3oc2=O)c1F. The van der Waals surface area contributed by atoms with Crippen LogP contribution in [0.2, 0.25) is 0 Å². The van der Waals surface area contributed by atoms with Gasteiger partial charge < -0.3 is 19.4 Å². The van der Waals surface area contributed by atoms with Crippen LogP contribution in [0.15, 0.2) is 57.2 Å². The second kappa shape index (κ2) is 11.2. The fourth-order valence-corrected chi connectivity index (χ4v) is 4.65. The quantitative estimate of drug-likeness (QED) is 0.264. The molecular formula is C24H24FN5O6S2. The molecule has 0 radical (unpaired) electrons. The molecule has 0 unspecified atom stereocenters. The molecule has 0 saturated carbocycles. The summed E-state index contributed by atoms with van der Waals surface area (Å²) in [5.41, 5.74) is -0.0265. The number of amides is 1. The van der Waals surface area contributed by atoms with Gasteiger partial charge in [0, 0.05) is 62.7 Å². The molecule has 0 aliphatic heterocycles. The van der Waals surface area contributed by atoms with Gasteiger partial charge in [-0.3, -0.25) is 4.72 Å². The van der Waals surface area contributed by atoms with E-state index in [0.717, 1.165) is 0 Å². The van der Waals surface area contributed by atoms with Crippen molar-refractivity contribution in [1.82, 2.24) is 14.6 Å². The van der Waals surface area contributed by atoms with Gasteiger partial charge >= 0.3 is 11.7 Å². The first-order valence-electron chi connectivity index (χ1n) is 11.2. The highest BCUT2D eigenvalue weighted by molar-refractivity contribution is 7.90. The van der Waals surface area contributed by atoms with Crippen molar-refractivity contribution in [3.05, 3.63) is 80.9 Å². The molecule has 4 rings (SSSR count). The maximum atomic E-state index is 15.3. The molecule has 0 fully saturated rings. The number of anilines is 2. The second-order valence-corrected chi connectivity index (χ2v) is 10.7. The van der Waals surface area contributed by atoms with Gasteiger partial charge in [0.1, 0.15) is 11.3 Å². The van der Waals surface area contributed by atoms with Crippen LogP contribution in [0.4, 0.5) is 20.0 Å². The van der Waals surface area contributed by atoms with Crippen molar-refractivity contribution in [2.24, 2.45) is 0 Å². The highest BCUT2D eigenvalue weighted by atomic mass is 32.2. The first-order chi connectivity index (χ1) is 18.1. The number of fused-ring (bicyclic) bond motifs is 1. The van der Waals surface area contributed by atoms with E-state index in [2.05, 4.69) is 19.7 Å². The number of nitrogens with zero attached hydrogens (tertiary/aromatic N) is 2. The molecule has 1 amide bonds. The molecule has 38 heavy (non-hydrogen) atoms. The van der Waals surface area contributed by atoms with Crippen LogP contribution in [0.5, 0.6) is 5.75 Å². The molecule has 2 heterocycles. The van der Waals surface area contributed by atoms with Crippen LogP contribution in [0.3, 0.4) is 0 Å². The summed E-state index contributed by atoms with van der Waals surface area (Å²) < 4.78 is 54.0. The van der Waals surface area contributed by atoms with Crippen LogP contribution in [0, 0.1) is 5.82 Å². The average Bonchev–Trinajstić information content (AvgIpc) is 3.39. The minimum absolute atomic E-state index is 0.0833. The maximum absolute atomic E-state index is 15.3. The van der Waals surface area contributed by atoms with Crippen LogP contribution >= 0.6 is 11.3 Å². The van der Waals surface area contributed by atoms with E-state index in [1.54, 1.807) is 23.7 Å². The number of nitrogens with one attached hydrogen (secondary N) is 3. The lowest BCUT2D eigenvalue weighted by Crippen LogP contribution is -2.27. The molecule has 3 N–H and O–H groups in total. The van der Waals surface area contributed by atoms with Gasteiger partial charge in [0.25, 0.3) is 10.2 Å². The standard InChI is InChI=1S/C24H24FN5O6S2/c1-26-38(33,34)29-19-6-4-5-14(21(19)25)11-17-18(13-28-23-27-9-10-37-23)16-8-7-15(35-24(32)30(2)3)12-20(16)36-22(17)31/h4-10,12,26,29H,11,13H2,1-3H3,(H,27,28). The van der Waals surface area contributed by atoms with Gasteiger partial charge in [-0.15, -0.1) is 11.3 Å². The van der Waals surface area contributed by atoms with E-state index in [9.17, 15) is 18.0 Å². The molecule has 4 aromatic rings. The van der Waals surface area contributed by atoms with E-state index in [1.165, 1.54) is 61.6 Å². The molecular weight excluding hydrogens is 537 g/mol. The Morgan fingerprint density at radius 3 is 2.68 bits per heavy atom. The summed E-state index contributed by atoms with van der Waals surface area (Å²) >= 11 is 1.37. The summed E-state index contributed by atoms with van der Waals surface area (Å²) in [4.78, 5) is 30.6. The monoisotopic (exact) mass is 561 g/mol. The lowest BCUT2D eigenvalue weighted by atomic mass is 9.97. The highest BCUT2D eigenvalue weighted by Gasteiger charge is 2.20. The molecule has 0 aliphatic rings. The number of rotatable bonds is 9. The summed E-state index contributed by atoms with van der Waals surface area (Å²) in [5, 5.41) is 6.10. The van der Waals surface area contributed by atoms with Gasteiger partial charge in [-0.1, -0.05) is 12.1 Å². The number of ether oxygens (including phenoxy) is 1. The van der Waals surface area contributed by atoms with Gasteiger partial charge in [0.05, 0.1) is 5.69 Å². The van der Waals surface area contributed by atoms with E-state index in [0.29, 0.717) is 16.1 Å². The molecule has 2 aromatic carbocycles. The predicted molar refractivity (Wildman–Crippen MR) is 142 cm³/mol. The average molecular weight is 562 g/mol. The molecule has 0 bridgehead atoms. The van der Waals surface area contributed by atoms with Crippen LogP contribution < -0.4 is 25.1 Å². The molecule has 14 heteroatoms. The second-order valence-electron chi connectivity index (χ2n) is 8.22. The summed E-state index contributed by atoms with van der Waals surface area (Å²) in [5.74, 6) is -0.642. The molecule has 0 saturated heterocycles. The minimum Gasteiger partial charge on any atom is -0.422 e. The Bertz CT molecular complexity index is 1640. The number of carbonyl (C=O) groups excluding carboxylic acids is 1. The van der Waals surface area contributed by atoms with Crippen LogP contribution in [-0.2, 0) is 23.2 Å². The van der Waals surface area contributed by atoms with Crippen LogP contribution in [-0.4, -0.2) is 45.5 Å². The molecule has 0 atom stereocenters. The van der Waals surface area contributed by atoms with Crippen LogP contribution in [0.25, 0.3) is 11.0 Å². The fraction of sp³-hybridized carbons (Fsp3) is 0.208. The molecule has 200 valence electrons. The van der Waals surface area contributed by atoms with Gasteiger partial charge in [-0.2, -0.15) is 8.42 Å². The maximum Gasteiger partial charge on any atom is 0.414 e. The smallest absolute Gasteiger partial charge is 0.414 e. The number of hydrogen-bond donors (Lipinski definition) is 3. The Labute approximate surface area is 221 Å². The van der Waals surface area contributed by atoms with E-state index >= 15 is 4.39 Å². The summed E-state index contributed by atoms with van der Waals surface area (Å²) in [6, 6.07) is 8.85. The lowest BCUT2D eigenvalue weighted by Gasteiger charge is -2.15. The van der Waals surface area contributed by atoms with Crippen molar-refractivity contribution < 1.29 is 26.8 Å². The molecule has 0 aliphatic carbocycles. The normalized spacial score (nSPS) is 11.4. The van der Waals surface area contributed by atoms with Gasteiger partial charge in [-0.25, -0.2) is 23.7 Å². The lowest BCUT2D eigenvalue weighted by molar-refractivity contribution is 0.172. The Morgan fingerprint density at radius 1 is 1.21 bits per heavy atom. The Hall–Kier alpha value is -4.01. The van der Waals surface area contributed by atoms with Gasteiger partial charge in [0.2, 0.25) is 0 Å². The first-order valence-corrected chi connectivity index (χ1v) is 13.5. The number of halogens is 1. The third-order valence-electron chi connectivity index (χ3n) is 5.47. The number of thiazole rings is 1. The molecule has 11 nitrogen and oxygen atoms in total. The van der Waals surface area contributed by atoms with E-state index < -0.39 is 27.7 Å². The Morgan fingerprint density at radius 2 is 2.00 bits per heavy atom. The minimum atomic E-state index is -3.96. The van der Waals surface area contributed by atoms with Crippen molar-refractivity contribution in [1.29, 1.82) is 0 Å². The molecule has 0 spiro atoms. The highest BCUT2D eigenvalue weighted by Crippen LogP contribution is 2.29. The van der Waals surface area contributed by atoms with Crippen molar-refractivity contribution in [3.63, 3.8) is 0 Å². The summed E-state index contributed by atoms with van der Waals surface area (Å²) in [6.45, 7) is 0.162. The van der Waals surface area contributed by atoms with Crippen molar-refractivity contribution in [2.45, 2.75) is 13.0 Å². The summed E-state index contributed by atoms with van der Waals surface area (Å²) in [7, 11) is 0.312. The Balaban J connectivity index is 1.78. The topological polar surface area (TPSA) is 143 Å². The fourth-order valence-electron chi connectivity index (χ4n) is 3.58. The van der Waals surface area contributed by atoms with Gasteiger partial charge in [0.15, 0.2) is 10.9 Å². The van der Waals surface area contributed by atoms with E-state index in [-0.39, 0.29) is 41.1 Å². The number of aromatic nitrogens is 1. The number of hydrogen-bond acceptors (Lipinski definition) is 9. The zero-order valence-corrected chi connectivity index (χ0v) is 22.2. The van der Waals surface area contributed by atoms with E-state index in [4.69, 9.17) is 9.15 Å². The largest absolute Gasteiger partial charge is 0.422 e. The number of carbonyl (C=O) groups is 1. The third kappa shape index (κ3) is 6.10. The van der Waals surface area contributed by atoms with Crippen molar-refractivity contribution in [3.8, 4) is 5.75 Å². The van der Waals surface area contributed by atoms with Crippen molar-refractivity contribution in [2.75, 3.05) is 31.2 Å². The Kier molecular flexibility index (Phi) is 7.94. The first kappa shape index (κ1) is 27.0. The molecule has 2 aromatic heterocycles. The van der Waals surface area contributed by atoms with Crippen molar-refractivity contribution >= 4 is 49.4 Å². The number of benzene rings is 2. The van der Waals surface area contributed by atoms with E-state index in [1.807, 2.05) is 0 Å². The predicted octanol–water partition coefficient (Wildman–Crippen LogP) is 3.53. The summed E-state index contributed by atoms with van der Waals surface area (Å²) in [6.07, 6.45) is 0.855. The van der Waals surface area contributed by atoms with Crippen LogP contribution in [0.1, 0.15) is 16.7 Å². The zero-order valence-electron chi connectivity index (χ0n) is 20.6. The zero-order chi connectivity index (χ0) is 27.4. The van der Waals surface area contributed by atoms with Gasteiger partial charge in [-0.05, 0) is 29.3 Å².